The number of likely N-dealkylation sites (tertiary alicyclic amines) is 1. The number of ether oxygens (including phenoxy) is 3. The van der Waals surface area contributed by atoms with Gasteiger partial charge in [0.2, 0.25) is 17.7 Å². The number of hydrogen-bond acceptors (Lipinski definition) is 11. The average molecular weight is 880 g/mol. The number of aliphatic hydroxyl groups is 1. The van der Waals surface area contributed by atoms with Crippen molar-refractivity contribution >= 4 is 50.9 Å². The number of β-amino-alcohol motifs (C(OH)–C–C–N with tert-alkyl or cyclic N) is 1. The quantitative estimate of drug-likeness (QED) is 0.0864. The Labute approximate surface area is 374 Å². The smallest absolute Gasteiger partial charge is 0.255 e. The van der Waals surface area contributed by atoms with Gasteiger partial charge in [-0.25, -0.2) is 9.97 Å². The van der Waals surface area contributed by atoms with E-state index in [2.05, 4.69) is 43.5 Å². The number of benzene rings is 3. The Morgan fingerprint density at radius 1 is 0.906 bits per heavy atom. The molecule has 64 heavy (non-hydrogen) atoms. The normalized spacial score (nSPS) is 16.5. The number of H-pyrrole nitrogens is 1. The van der Waals surface area contributed by atoms with E-state index in [-0.39, 0.29) is 50.5 Å². The fraction of sp³-hybridized carbons (Fsp3) is 0.306. The molecule has 9 rings (SSSR count). The number of pyridine rings is 2. The van der Waals surface area contributed by atoms with Gasteiger partial charge in [0, 0.05) is 89.2 Å². The van der Waals surface area contributed by atoms with Crippen molar-refractivity contribution in [2.45, 2.75) is 58.5 Å². The van der Waals surface area contributed by atoms with E-state index >= 15 is 0 Å². The summed E-state index contributed by atoms with van der Waals surface area (Å²) in [5, 5.41) is 16.0. The highest BCUT2D eigenvalue weighted by Crippen LogP contribution is 2.34. The average Bonchev–Trinajstić information content (AvgIpc) is 4.09. The van der Waals surface area contributed by atoms with Crippen LogP contribution in [0.15, 0.2) is 103 Å². The van der Waals surface area contributed by atoms with Gasteiger partial charge in [0.15, 0.2) is 0 Å². The lowest BCUT2D eigenvalue weighted by Gasteiger charge is -2.35. The molecule has 1 saturated heterocycles. The number of rotatable bonds is 16. The molecule has 328 valence electrons. The minimum Gasteiger partial charge on any atom is -0.491 e. The van der Waals surface area contributed by atoms with Crippen molar-refractivity contribution in [2.24, 2.45) is 5.92 Å². The molecule has 0 bridgehead atoms. The summed E-state index contributed by atoms with van der Waals surface area (Å²) >= 11 is 1.53. The Morgan fingerprint density at radius 2 is 1.72 bits per heavy atom. The van der Waals surface area contributed by atoms with E-state index in [1.165, 1.54) is 16.2 Å². The first kappa shape index (κ1) is 42.6. The highest BCUT2D eigenvalue weighted by molar-refractivity contribution is 7.13. The molecule has 3 aromatic carbocycles. The molecule has 0 unspecified atom stereocenters. The van der Waals surface area contributed by atoms with Gasteiger partial charge in [0.1, 0.15) is 31.0 Å². The number of aliphatic hydroxyl groups excluding tert-OH is 1. The summed E-state index contributed by atoms with van der Waals surface area (Å²) < 4.78 is 18.0. The zero-order valence-electron chi connectivity index (χ0n) is 35.8. The third kappa shape index (κ3) is 8.78. The van der Waals surface area contributed by atoms with E-state index in [1.807, 2.05) is 81.6 Å². The van der Waals surface area contributed by atoms with Crippen molar-refractivity contribution in [1.82, 2.24) is 35.1 Å². The number of nitrogens with one attached hydrogen (secondary N) is 2. The Bertz CT molecular complexity index is 2820. The van der Waals surface area contributed by atoms with Crippen LogP contribution >= 0.6 is 11.3 Å². The zero-order valence-corrected chi connectivity index (χ0v) is 36.6. The lowest BCUT2D eigenvalue weighted by atomic mass is 10.0. The Balaban J connectivity index is 0.790. The molecule has 7 aromatic rings. The van der Waals surface area contributed by atoms with Gasteiger partial charge in [-0.05, 0) is 59.9 Å². The molecule has 14 nitrogen and oxygen atoms in total. The van der Waals surface area contributed by atoms with Crippen LogP contribution in [0.25, 0.3) is 43.4 Å². The second-order valence-electron chi connectivity index (χ2n) is 16.5. The monoisotopic (exact) mass is 879 g/mol. The molecule has 0 radical (unpaired) electrons. The molecule has 1 fully saturated rings. The lowest BCUT2D eigenvalue weighted by Crippen LogP contribution is -2.55. The van der Waals surface area contributed by atoms with Crippen LogP contribution in [0, 0.1) is 12.8 Å². The number of amides is 3. The van der Waals surface area contributed by atoms with Crippen LogP contribution in [0.3, 0.4) is 0 Å². The van der Waals surface area contributed by atoms with Gasteiger partial charge < -0.3 is 39.4 Å². The molecule has 3 amide bonds. The van der Waals surface area contributed by atoms with Crippen LogP contribution in [0.5, 0.6) is 11.6 Å². The van der Waals surface area contributed by atoms with Crippen LogP contribution in [0.2, 0.25) is 0 Å². The van der Waals surface area contributed by atoms with Crippen LogP contribution in [-0.2, 0) is 27.4 Å². The predicted molar refractivity (Wildman–Crippen MR) is 244 cm³/mol. The van der Waals surface area contributed by atoms with Crippen molar-refractivity contribution in [3.05, 3.63) is 125 Å². The fourth-order valence-corrected chi connectivity index (χ4v) is 9.49. The highest BCUT2D eigenvalue weighted by atomic mass is 32.1. The molecule has 0 spiro atoms. The van der Waals surface area contributed by atoms with Gasteiger partial charge in [-0.15, -0.1) is 11.3 Å². The van der Waals surface area contributed by atoms with E-state index in [9.17, 15) is 19.5 Å². The van der Waals surface area contributed by atoms with Crippen LogP contribution in [0.1, 0.15) is 47.4 Å². The van der Waals surface area contributed by atoms with Crippen molar-refractivity contribution < 1.29 is 33.7 Å². The molecular formula is C49H49N7O7S. The summed E-state index contributed by atoms with van der Waals surface area (Å²) in [6.07, 6.45) is 4.66. The predicted octanol–water partition coefficient (Wildman–Crippen LogP) is 6.94. The third-order valence-electron chi connectivity index (χ3n) is 11.9. The molecule has 0 aliphatic carbocycles. The Morgan fingerprint density at radius 3 is 2.50 bits per heavy atom. The summed E-state index contributed by atoms with van der Waals surface area (Å²) in [5.74, 6) is -0.113. The maximum absolute atomic E-state index is 14.2. The zero-order chi connectivity index (χ0) is 44.3. The van der Waals surface area contributed by atoms with Crippen molar-refractivity contribution in [3.8, 4) is 33.2 Å². The van der Waals surface area contributed by atoms with Crippen molar-refractivity contribution in [1.29, 1.82) is 0 Å². The SMILES string of the molecule is Cc1ncsc1-c1ccc(CNC(=O)[C@@H]2C[C@@H](O)CN2C(=O)[C@H](C(C)C)N2Cc3ccccc3C2=O)c(OCCOCCOc2ccc(-c3ccc4c(c3)[nH]c3ccncc34)cn2)c1. The minimum atomic E-state index is -0.907. The number of hydrogen-bond donors (Lipinski definition) is 3. The van der Waals surface area contributed by atoms with Gasteiger partial charge in [0.25, 0.3) is 5.91 Å². The van der Waals surface area contributed by atoms with E-state index in [1.54, 1.807) is 28.9 Å². The molecule has 15 heteroatoms. The van der Waals surface area contributed by atoms with E-state index in [4.69, 9.17) is 14.2 Å². The van der Waals surface area contributed by atoms with Gasteiger partial charge in [-0.3, -0.25) is 19.4 Å². The number of fused-ring (bicyclic) bond motifs is 4. The number of nitrogens with zero attached hydrogens (tertiary/aromatic N) is 5. The molecule has 2 aliphatic heterocycles. The summed E-state index contributed by atoms with van der Waals surface area (Å²) in [4.78, 5) is 62.2. The molecule has 4 aromatic heterocycles. The number of carbonyl (C=O) groups excluding carboxylic acids is 3. The van der Waals surface area contributed by atoms with Gasteiger partial charge in [0.05, 0.1) is 35.4 Å². The van der Waals surface area contributed by atoms with Gasteiger partial charge in [-0.1, -0.05) is 56.3 Å². The fourth-order valence-electron chi connectivity index (χ4n) is 8.69. The Hall–Kier alpha value is -6.68. The maximum atomic E-state index is 14.2. The van der Waals surface area contributed by atoms with E-state index < -0.39 is 24.1 Å². The highest BCUT2D eigenvalue weighted by Gasteiger charge is 2.45. The van der Waals surface area contributed by atoms with E-state index in [0.717, 1.165) is 60.2 Å². The molecule has 3 N–H and O–H groups in total. The lowest BCUT2D eigenvalue weighted by molar-refractivity contribution is -0.143. The maximum Gasteiger partial charge on any atom is 0.255 e. The molecule has 2 aliphatic rings. The summed E-state index contributed by atoms with van der Waals surface area (Å²) in [7, 11) is 0. The minimum absolute atomic E-state index is 0.00269. The van der Waals surface area contributed by atoms with Crippen molar-refractivity contribution in [3.63, 3.8) is 0 Å². The van der Waals surface area contributed by atoms with Gasteiger partial charge >= 0.3 is 0 Å². The second-order valence-corrected chi connectivity index (χ2v) is 17.3. The molecule has 0 saturated carbocycles. The first-order chi connectivity index (χ1) is 31.1. The standard InChI is InChI=1S/C49H49N7O7S/c1-29(2)45(56-26-35-6-4-5-7-37(35)48(56)59)49(60)55-27-36(57)22-42(55)47(58)52-24-34-9-8-32(46-30(3)53-28-64-46)21-43(34)62-18-16-61-17-19-63-44-13-11-33(23-51-44)31-10-12-38-39-25-50-15-14-40(39)54-41(38)20-31/h4-15,20-21,23,25,28-29,36,42,45,54,57H,16-19,22,24,26-27H2,1-3H3,(H,52,58)/t36-,42+,45+/m1/s1. The number of thiazole rings is 1. The Kier molecular flexibility index (Phi) is 12.4. The number of aromatic nitrogens is 4. The number of carbonyl (C=O) groups is 3. The summed E-state index contributed by atoms with van der Waals surface area (Å²) in [5.41, 5.74) is 9.91. The topological polar surface area (TPSA) is 172 Å². The molecular weight excluding hydrogens is 831 g/mol. The van der Waals surface area contributed by atoms with Crippen LogP contribution in [0.4, 0.5) is 0 Å². The molecule has 6 heterocycles. The van der Waals surface area contributed by atoms with Crippen molar-refractivity contribution in [2.75, 3.05) is 33.0 Å². The van der Waals surface area contributed by atoms with Crippen LogP contribution in [-0.4, -0.2) is 104 Å². The van der Waals surface area contributed by atoms with E-state index in [0.29, 0.717) is 37.0 Å². The van der Waals surface area contributed by atoms with Gasteiger partial charge in [-0.2, -0.15) is 0 Å². The summed E-state index contributed by atoms with van der Waals surface area (Å²) in [6.45, 7) is 7.32. The number of aromatic amines is 1. The number of aryl methyl sites for hydroxylation is 1. The first-order valence-electron chi connectivity index (χ1n) is 21.5. The summed E-state index contributed by atoms with van der Waals surface area (Å²) in [6, 6.07) is 23.5. The molecule has 3 atom stereocenters. The second kappa shape index (κ2) is 18.6. The third-order valence-corrected chi connectivity index (χ3v) is 12.9. The largest absolute Gasteiger partial charge is 0.491 e. The first-order valence-corrected chi connectivity index (χ1v) is 22.3. The van der Waals surface area contributed by atoms with Crippen LogP contribution < -0.4 is 14.8 Å².